The minimum absolute atomic E-state index is 0.503. The molecule has 0 aliphatic carbocycles. The van der Waals surface area contributed by atoms with Crippen LogP contribution in [-0.2, 0) is 0 Å². The van der Waals surface area contributed by atoms with Crippen LogP contribution < -0.4 is 5.32 Å². The molecule has 0 saturated carbocycles. The van der Waals surface area contributed by atoms with Crippen molar-refractivity contribution in [1.29, 1.82) is 0 Å². The van der Waals surface area contributed by atoms with Gasteiger partial charge in [0.15, 0.2) is 0 Å². The smallest absolute Gasteiger partial charge is 0.0391 e. The van der Waals surface area contributed by atoms with E-state index < -0.39 is 0 Å². The van der Waals surface area contributed by atoms with E-state index in [0.29, 0.717) is 5.92 Å². The van der Waals surface area contributed by atoms with Crippen molar-refractivity contribution < 1.29 is 0 Å². The third-order valence-electron chi connectivity index (χ3n) is 2.42. The minimum Gasteiger partial charge on any atom is -0.359 e. The summed E-state index contributed by atoms with van der Waals surface area (Å²) in [5.74, 6) is 0.503. The molecule has 1 heteroatoms. The summed E-state index contributed by atoms with van der Waals surface area (Å²) >= 11 is 0. The average molecular weight is 193 g/mol. The number of rotatable bonds is 5. The maximum atomic E-state index is 4.04. The Morgan fingerprint density at radius 1 is 1.21 bits per heavy atom. The molecule has 0 aromatic heterocycles. The second-order valence-electron chi connectivity index (χ2n) is 4.11. The molecule has 0 rings (SSSR count). The number of hydrogen-bond donors (Lipinski definition) is 1. The third-order valence-corrected chi connectivity index (χ3v) is 2.42. The topological polar surface area (TPSA) is 12.0 Å². The second kappa shape index (κ2) is 5.69. The van der Waals surface area contributed by atoms with Crippen molar-refractivity contribution in [3.8, 4) is 0 Å². The normalized spacial score (nSPS) is 11.8. The van der Waals surface area contributed by atoms with E-state index in [9.17, 15) is 0 Å². The fourth-order valence-electron chi connectivity index (χ4n) is 1.19. The first kappa shape index (κ1) is 13.0. The van der Waals surface area contributed by atoms with Crippen LogP contribution in [0.3, 0.4) is 0 Å². The molecule has 0 radical (unpaired) electrons. The van der Waals surface area contributed by atoms with Crippen LogP contribution in [0.25, 0.3) is 0 Å². The van der Waals surface area contributed by atoms with Crippen molar-refractivity contribution >= 4 is 0 Å². The molecule has 0 aromatic rings. The van der Waals surface area contributed by atoms with Crippen molar-refractivity contribution in [2.24, 2.45) is 5.92 Å². The van der Waals surface area contributed by atoms with Gasteiger partial charge in [-0.2, -0.15) is 0 Å². The van der Waals surface area contributed by atoms with Gasteiger partial charge in [0.1, 0.15) is 0 Å². The van der Waals surface area contributed by atoms with Gasteiger partial charge in [0.05, 0.1) is 0 Å². The highest BCUT2D eigenvalue weighted by molar-refractivity contribution is 5.31. The molecular formula is C13H23N. The molecule has 0 heterocycles. The highest BCUT2D eigenvalue weighted by Crippen LogP contribution is 2.15. The van der Waals surface area contributed by atoms with Crippen molar-refractivity contribution in [3.05, 3.63) is 35.7 Å². The van der Waals surface area contributed by atoms with Crippen molar-refractivity contribution in [3.63, 3.8) is 0 Å². The highest BCUT2D eigenvalue weighted by atomic mass is 14.9. The van der Waals surface area contributed by atoms with E-state index in [1.54, 1.807) is 0 Å². The summed E-state index contributed by atoms with van der Waals surface area (Å²) in [6.45, 7) is 18.5. The number of hydrogen-bond acceptors (Lipinski definition) is 1. The van der Waals surface area contributed by atoms with Gasteiger partial charge >= 0.3 is 0 Å². The predicted octanol–water partition coefficient (Wildman–Crippen LogP) is 4.01. The SMILES string of the molecule is C=C(C)C(NC(=C)C(C)CC)=C(C)C. The Kier molecular flexibility index (Phi) is 5.29. The van der Waals surface area contributed by atoms with Gasteiger partial charge in [-0.15, -0.1) is 0 Å². The molecule has 0 aliphatic rings. The lowest BCUT2D eigenvalue weighted by Crippen LogP contribution is -2.18. The lowest BCUT2D eigenvalue weighted by molar-refractivity contribution is 0.616. The summed E-state index contributed by atoms with van der Waals surface area (Å²) in [6.07, 6.45) is 1.11. The van der Waals surface area contributed by atoms with Gasteiger partial charge in [-0.1, -0.05) is 32.6 Å². The van der Waals surface area contributed by atoms with Gasteiger partial charge in [-0.05, 0) is 38.7 Å². The molecule has 80 valence electrons. The maximum Gasteiger partial charge on any atom is 0.0391 e. The summed E-state index contributed by atoms with van der Waals surface area (Å²) in [6, 6.07) is 0. The molecule has 0 aromatic carbocycles. The largest absolute Gasteiger partial charge is 0.359 e. The molecule has 0 aliphatic heterocycles. The van der Waals surface area contributed by atoms with E-state index in [2.05, 4.69) is 46.2 Å². The predicted molar refractivity (Wildman–Crippen MR) is 64.9 cm³/mol. The summed E-state index contributed by atoms with van der Waals surface area (Å²) in [5.41, 5.74) is 4.51. The van der Waals surface area contributed by atoms with Crippen LogP contribution in [0.1, 0.15) is 41.0 Å². The first-order chi connectivity index (χ1) is 6.40. The molecule has 14 heavy (non-hydrogen) atoms. The molecule has 0 spiro atoms. The van der Waals surface area contributed by atoms with E-state index >= 15 is 0 Å². The fraction of sp³-hybridized carbons (Fsp3) is 0.538. The summed E-state index contributed by atoms with van der Waals surface area (Å²) < 4.78 is 0. The van der Waals surface area contributed by atoms with Gasteiger partial charge in [-0.25, -0.2) is 0 Å². The van der Waals surface area contributed by atoms with Gasteiger partial charge in [0.25, 0.3) is 0 Å². The van der Waals surface area contributed by atoms with Gasteiger partial charge < -0.3 is 5.32 Å². The average Bonchev–Trinajstić information content (AvgIpc) is 2.11. The molecule has 1 nitrogen and oxygen atoms in total. The van der Waals surface area contributed by atoms with Crippen molar-refractivity contribution in [1.82, 2.24) is 5.32 Å². The van der Waals surface area contributed by atoms with Crippen LogP contribution in [0.15, 0.2) is 35.7 Å². The van der Waals surface area contributed by atoms with Crippen molar-refractivity contribution in [2.75, 3.05) is 0 Å². The summed E-state index contributed by atoms with van der Waals surface area (Å²) in [5, 5.41) is 3.35. The molecule has 1 unspecified atom stereocenters. The zero-order chi connectivity index (χ0) is 11.3. The molecule has 0 amide bonds. The van der Waals surface area contributed by atoms with E-state index in [0.717, 1.165) is 23.4 Å². The van der Waals surface area contributed by atoms with Gasteiger partial charge in [0, 0.05) is 11.4 Å². The Hall–Kier alpha value is -0.980. The summed E-state index contributed by atoms with van der Waals surface area (Å²) in [4.78, 5) is 0. The van der Waals surface area contributed by atoms with Crippen LogP contribution >= 0.6 is 0 Å². The molecular weight excluding hydrogens is 170 g/mol. The van der Waals surface area contributed by atoms with Crippen LogP contribution in [0.4, 0.5) is 0 Å². The van der Waals surface area contributed by atoms with Crippen LogP contribution in [0.2, 0.25) is 0 Å². The first-order valence-electron chi connectivity index (χ1n) is 5.19. The Labute approximate surface area is 88.6 Å². The third kappa shape index (κ3) is 3.82. The molecule has 1 atom stereocenters. The Bertz CT molecular complexity index is 254. The van der Waals surface area contributed by atoms with E-state index in [1.807, 2.05) is 6.92 Å². The van der Waals surface area contributed by atoms with E-state index in [4.69, 9.17) is 0 Å². The quantitative estimate of drug-likeness (QED) is 0.651. The standard InChI is InChI=1S/C13H23N/c1-8-11(6)12(7)14-13(9(2)3)10(4)5/h11,14H,2,7-8H2,1,3-6H3. The van der Waals surface area contributed by atoms with Crippen molar-refractivity contribution in [2.45, 2.75) is 41.0 Å². The zero-order valence-electron chi connectivity index (χ0n) is 10.2. The summed E-state index contributed by atoms with van der Waals surface area (Å²) in [7, 11) is 0. The van der Waals surface area contributed by atoms with Gasteiger partial charge in [0.2, 0.25) is 0 Å². The molecule has 0 fully saturated rings. The minimum atomic E-state index is 0.503. The van der Waals surface area contributed by atoms with Crippen LogP contribution in [-0.4, -0.2) is 0 Å². The van der Waals surface area contributed by atoms with Gasteiger partial charge in [-0.3, -0.25) is 0 Å². The van der Waals surface area contributed by atoms with E-state index in [-0.39, 0.29) is 0 Å². The Morgan fingerprint density at radius 3 is 2.00 bits per heavy atom. The molecule has 0 bridgehead atoms. The van der Waals surface area contributed by atoms with E-state index in [1.165, 1.54) is 5.57 Å². The monoisotopic (exact) mass is 193 g/mol. The second-order valence-corrected chi connectivity index (χ2v) is 4.11. The number of allylic oxidation sites excluding steroid dienone is 3. The van der Waals surface area contributed by atoms with Crippen LogP contribution in [0.5, 0.6) is 0 Å². The zero-order valence-corrected chi connectivity index (χ0v) is 10.2. The first-order valence-corrected chi connectivity index (χ1v) is 5.19. The molecule has 0 saturated heterocycles. The Balaban J connectivity index is 4.57. The molecule has 1 N–H and O–H groups in total. The van der Waals surface area contributed by atoms with Crippen LogP contribution in [0, 0.1) is 5.92 Å². The highest BCUT2D eigenvalue weighted by Gasteiger charge is 2.07. The maximum absolute atomic E-state index is 4.04. The lowest BCUT2D eigenvalue weighted by atomic mass is 10.0. The fourth-order valence-corrected chi connectivity index (χ4v) is 1.19. The number of nitrogens with one attached hydrogen (secondary N) is 1. The lowest BCUT2D eigenvalue weighted by Gasteiger charge is -2.19. The Morgan fingerprint density at radius 2 is 1.71 bits per heavy atom.